The number of Topliss-reactive ketones (excluding diaryl/α,β-unsaturated/α-hetero) is 2. The Bertz CT molecular complexity index is 2490. The summed E-state index contributed by atoms with van der Waals surface area (Å²) in [6.07, 6.45) is 7.45. The number of methoxy groups -OCH3 is 2. The van der Waals surface area contributed by atoms with Crippen LogP contribution in [0.25, 0.3) is 0 Å². The van der Waals surface area contributed by atoms with Crippen LogP contribution >= 0.6 is 17.9 Å². The Hall–Kier alpha value is -3.19. The van der Waals surface area contributed by atoms with Crippen LogP contribution in [0.15, 0.2) is 60.7 Å². The molecule has 0 saturated carbocycles. The van der Waals surface area contributed by atoms with Crippen molar-refractivity contribution in [1.82, 2.24) is 49.8 Å². The van der Waals surface area contributed by atoms with Crippen molar-refractivity contribution in [2.75, 3.05) is 186 Å². The Morgan fingerprint density at radius 1 is 0.500 bits per heavy atom. The molecule has 4 rings (SSSR count). The van der Waals surface area contributed by atoms with E-state index in [-0.39, 0.29) is 101 Å². The van der Waals surface area contributed by atoms with Crippen LogP contribution in [0.4, 0.5) is 0 Å². The van der Waals surface area contributed by atoms with Gasteiger partial charge in [-0.25, -0.2) is 19.4 Å². The van der Waals surface area contributed by atoms with Crippen LogP contribution in [0.2, 0.25) is 0 Å². The number of carboxylic acid groups (broad SMARTS) is 1. The number of ether oxygens (including phenoxy) is 2. The summed E-state index contributed by atoms with van der Waals surface area (Å²) in [4.78, 5) is 149. The number of carboxylic acids is 1. The minimum Gasteiger partial charge on any atom is -0.457 e. The van der Waals surface area contributed by atoms with Gasteiger partial charge in [-0.1, -0.05) is 62.1 Å². The summed E-state index contributed by atoms with van der Waals surface area (Å²) < 4.78 is 9.75. The maximum Gasteiger partial charge on any atom is 0 e. The first kappa shape index (κ1) is 101. The first-order chi connectivity index (χ1) is 47.1. The van der Waals surface area contributed by atoms with E-state index in [2.05, 4.69) is 73.7 Å². The molecule has 0 bridgehead atoms. The van der Waals surface area contributed by atoms with Crippen molar-refractivity contribution in [1.29, 1.82) is 0 Å². The smallest absolute Gasteiger partial charge is 0 e. The Kier molecular flexibility index (Phi) is 68.3. The Morgan fingerprint density at radius 3 is 1.14 bits per heavy atom. The Morgan fingerprint density at radius 2 is 0.810 bits per heavy atom. The fraction of sp³-hybridized carbons (Fsp3) is 0.656. The molecule has 31 nitrogen and oxygen atoms in total. The van der Waals surface area contributed by atoms with Gasteiger partial charge in [-0.05, 0) is 64.0 Å². The van der Waals surface area contributed by atoms with Gasteiger partial charge in [-0.3, -0.25) is 54.4 Å². The number of benzene rings is 2. The fourth-order valence-electron chi connectivity index (χ4n) is 10.1. The maximum absolute atomic E-state index is 12.8. The summed E-state index contributed by atoms with van der Waals surface area (Å²) in [7, 11) is 6.78. The van der Waals surface area contributed by atoms with Crippen LogP contribution in [0, 0.1) is 75.7 Å². The van der Waals surface area contributed by atoms with Crippen LogP contribution in [-0.4, -0.2) is 311 Å². The van der Waals surface area contributed by atoms with Gasteiger partial charge in [0.15, 0.2) is 0 Å². The van der Waals surface area contributed by atoms with E-state index in [1.165, 1.54) is 20.8 Å². The van der Waals surface area contributed by atoms with Crippen molar-refractivity contribution >= 4 is 71.5 Å². The van der Waals surface area contributed by atoms with Gasteiger partial charge in [0.05, 0.1) is 34.0 Å². The summed E-state index contributed by atoms with van der Waals surface area (Å²) in [6, 6.07) is 16.0. The maximum atomic E-state index is 12.8. The number of nitrogens with one attached hydrogen (secondary N) is 2. The molecule has 2 amide bonds. The molecular formula is C64H106Cl3Gd2N10O21. The molecule has 2 aromatic carbocycles. The molecule has 0 aliphatic carbocycles. The quantitative estimate of drug-likeness (QED) is 0.0144. The predicted octanol–water partition coefficient (Wildman–Crippen LogP) is 3.13. The molecule has 9 N–H and O–H groups in total. The van der Waals surface area contributed by atoms with Crippen molar-refractivity contribution in [3.8, 4) is 0 Å². The Balaban J connectivity index is -0.00000164. The predicted molar refractivity (Wildman–Crippen MR) is 364 cm³/mol. The van der Waals surface area contributed by atoms with Crippen molar-refractivity contribution in [2.24, 2.45) is 0 Å². The number of rotatable bonds is 35. The SMILES string of the molecule is COC(=O)C(CCCCCC(=O)CCN1CCN(C)CCN(C)CCN(CC(=O)O)CC1)NC(=O)c1ccccc1.COC(=O)C(CCCCCC(=O)CCN1CCN(C[CH-]OO)CCN(CCOO)CCN(CCOO)CC1)NC(=O)c1ccccc1.O=C=O.O=C=O.[Cl][Gd]([Cl])[Cl].[Gd].[OH3+]. The number of esters is 2. The molecule has 2 saturated heterocycles. The third kappa shape index (κ3) is 55.3. The molecule has 0 aromatic heterocycles. The molecule has 36 heteroatoms. The first-order valence-corrected chi connectivity index (χ1v) is 40.8. The monoisotopic (exact) mass is 1770 g/mol. The number of halogens is 3. The summed E-state index contributed by atoms with van der Waals surface area (Å²) in [6.45, 7) is 16.7. The molecule has 0 spiro atoms. The third-order valence-corrected chi connectivity index (χ3v) is 15.8. The van der Waals surface area contributed by atoms with Crippen LogP contribution in [0.5, 0.6) is 0 Å². The average molecular weight is 1770 g/mol. The second-order valence-corrected chi connectivity index (χ2v) is 32.8. The zero-order valence-electron chi connectivity index (χ0n) is 57.8. The molecule has 2 aromatic rings. The number of ketones is 2. The zero-order valence-corrected chi connectivity index (χ0v) is 64.6. The van der Waals surface area contributed by atoms with Crippen LogP contribution in [0.1, 0.15) is 97.8 Å². The normalized spacial score (nSPS) is 15.8. The number of hydrogen-bond donors (Lipinski definition) is 6. The van der Waals surface area contributed by atoms with E-state index in [1.807, 2.05) is 17.0 Å². The van der Waals surface area contributed by atoms with E-state index in [0.717, 1.165) is 84.7 Å². The van der Waals surface area contributed by atoms with Crippen LogP contribution in [0.3, 0.4) is 0 Å². The summed E-state index contributed by atoms with van der Waals surface area (Å²) >= 11 is -1.98. The number of nitrogens with zero attached hydrogens (tertiary/aromatic N) is 8. The topological polar surface area (TPSA) is 398 Å². The van der Waals surface area contributed by atoms with Gasteiger partial charge < -0.3 is 60.1 Å². The van der Waals surface area contributed by atoms with Crippen molar-refractivity contribution < 1.29 is 172 Å². The van der Waals surface area contributed by atoms with Gasteiger partial charge in [-0.2, -0.15) is 25.8 Å². The van der Waals surface area contributed by atoms with E-state index in [9.17, 15) is 38.7 Å². The van der Waals surface area contributed by atoms with Crippen molar-refractivity contribution in [3.63, 3.8) is 0 Å². The molecule has 2 aliphatic rings. The molecule has 2 aliphatic heterocycles. The number of amides is 2. The standard InChI is InChI=1S/C32H54N5O10.C30H49N5O6.2CO2.3ClH.2Gd.H2O/c1-44-32(40)30(33-31(39)28-8-4-2-5-9-28)11-7-3-6-10-29(38)12-13-34-14-16-35(22-25-45-41)18-20-37(24-27-47-43)21-19-36(17-15-34)23-26-46-42;1-32-16-17-33(2)19-21-35(24-28(37)38)23-22-34(20-18-32)15-14-26(36)12-8-5-9-13-27(30(40)41-3)31-29(39)25-10-6-4-7-11-25;2*2-1-3;;;;;;/h2,4-5,8-9,25,30,41-43H,3,6-7,10-24,26-27H2,1H3,(H,33,39);4,6-7,10-11,27H,5,8-9,12-24H2,1-3H3,(H,31,39)(H,37,38);;;3*1H;;;1H2/q-1;;;;;;;;+3;/p-2. The van der Waals surface area contributed by atoms with E-state index in [4.69, 9.17) is 62.3 Å². The number of hydrogen-bond acceptors (Lipinski definition) is 27. The minimum atomic E-state index is -1.98. The summed E-state index contributed by atoms with van der Waals surface area (Å²) in [5.41, 5.74) is 0.955. The molecule has 2 heterocycles. The van der Waals surface area contributed by atoms with Crippen molar-refractivity contribution in [2.45, 2.75) is 89.1 Å². The number of aliphatic carboxylic acids is 1. The zero-order chi connectivity index (χ0) is 73.1. The average Bonchev–Trinajstić information content (AvgIpc) is 1.02. The van der Waals surface area contributed by atoms with Gasteiger partial charge in [-0.15, -0.1) is 6.54 Å². The number of carbonyl (C=O) groups is 7. The number of carbonyl (C=O) groups excluding carboxylic acids is 10. The minimum absolute atomic E-state index is 0. The molecule has 575 valence electrons. The third-order valence-electron chi connectivity index (χ3n) is 15.8. The van der Waals surface area contributed by atoms with E-state index >= 15 is 0 Å². The second-order valence-electron chi connectivity index (χ2n) is 22.8. The van der Waals surface area contributed by atoms with Gasteiger partial charge >= 0.3 is 77.3 Å². The van der Waals surface area contributed by atoms with E-state index in [0.29, 0.717) is 141 Å². The summed E-state index contributed by atoms with van der Waals surface area (Å²) in [5.74, 6) is 12.9. The largest absolute Gasteiger partial charge is 0.457 e. The molecule has 0 radical (unpaired) electrons. The van der Waals surface area contributed by atoms with E-state index < -0.39 is 59.2 Å². The Labute approximate surface area is 640 Å². The number of likely N-dealkylation sites (N-methyl/N-ethyl adjacent to an activating group) is 2. The van der Waals surface area contributed by atoms with E-state index in [1.54, 1.807) is 48.5 Å². The molecular weight excluding hydrogens is 1670 g/mol. The number of unbranched alkanes of at least 4 members (excludes halogenated alkanes) is 4. The first-order valence-electron chi connectivity index (χ1n) is 32.3. The van der Waals surface area contributed by atoms with Gasteiger partial charge in [0, 0.05) is 208 Å². The molecule has 2 atom stereocenters. The van der Waals surface area contributed by atoms with Crippen LogP contribution in [-0.2, 0) is 72.8 Å². The molecule has 2 unspecified atom stereocenters. The summed E-state index contributed by atoms with van der Waals surface area (Å²) in [5, 5.41) is 41.4. The van der Waals surface area contributed by atoms with Gasteiger partial charge in [0.25, 0.3) is 11.8 Å². The molecule has 2 fully saturated rings. The van der Waals surface area contributed by atoms with Crippen molar-refractivity contribution in [3.05, 3.63) is 78.4 Å². The van der Waals surface area contributed by atoms with Gasteiger partial charge in [0.2, 0.25) is 0 Å². The van der Waals surface area contributed by atoms with Gasteiger partial charge in [0.1, 0.15) is 23.7 Å². The fourth-order valence-corrected chi connectivity index (χ4v) is 10.1. The molecule has 100 heavy (non-hydrogen) atoms. The second kappa shape index (κ2) is 67.7. The van der Waals surface area contributed by atoms with Crippen LogP contribution < -0.4 is 10.6 Å².